The molecule has 2 heterocycles. The number of rotatable bonds is 9. The minimum Gasteiger partial charge on any atom is -0.495 e. The topological polar surface area (TPSA) is 73.8 Å². The smallest absolute Gasteiger partial charge is 0.267 e. The molecule has 2 aromatic heterocycles. The lowest BCUT2D eigenvalue weighted by Gasteiger charge is -2.20. The second kappa shape index (κ2) is 10.5. The highest BCUT2D eigenvalue weighted by Gasteiger charge is 2.23. The first-order valence-corrected chi connectivity index (χ1v) is 11.8. The van der Waals surface area contributed by atoms with Gasteiger partial charge in [0.2, 0.25) is 0 Å². The van der Waals surface area contributed by atoms with Gasteiger partial charge in [-0.15, -0.1) is 0 Å². The van der Waals surface area contributed by atoms with E-state index in [0.29, 0.717) is 40.4 Å². The Labute approximate surface area is 202 Å². The standard InChI is InChI=1S/C26H27N3O4S/c1-17(2)19-7-9-20(10-8-19)33-16-23(30)29(15-18-6-5-13-27-14-18)26-28-24-21(31-3)11-12-22(32-4)25(24)34-26/h5-14,17H,15-16H2,1-4H3. The zero-order valence-electron chi connectivity index (χ0n) is 19.6. The normalized spacial score (nSPS) is 11.0. The number of methoxy groups -OCH3 is 2. The summed E-state index contributed by atoms with van der Waals surface area (Å²) >= 11 is 1.37. The second-order valence-corrected chi connectivity index (χ2v) is 8.98. The molecule has 0 radical (unpaired) electrons. The molecule has 0 saturated carbocycles. The molecule has 34 heavy (non-hydrogen) atoms. The molecule has 0 fully saturated rings. The van der Waals surface area contributed by atoms with E-state index in [2.05, 4.69) is 18.8 Å². The van der Waals surface area contributed by atoms with Gasteiger partial charge in [-0.25, -0.2) is 4.98 Å². The molecular weight excluding hydrogens is 450 g/mol. The SMILES string of the molecule is COc1ccc(OC)c2sc(N(Cc3cccnc3)C(=O)COc3ccc(C(C)C)cc3)nc12. The number of pyridine rings is 1. The first kappa shape index (κ1) is 23.5. The molecule has 0 aliphatic carbocycles. The Hall–Kier alpha value is -3.65. The Balaban J connectivity index is 1.63. The summed E-state index contributed by atoms with van der Waals surface area (Å²) in [6, 6.07) is 15.2. The van der Waals surface area contributed by atoms with Crippen molar-refractivity contribution in [3.8, 4) is 17.2 Å². The van der Waals surface area contributed by atoms with Crippen molar-refractivity contribution < 1.29 is 19.0 Å². The van der Waals surface area contributed by atoms with Gasteiger partial charge >= 0.3 is 0 Å². The fraction of sp³-hybridized carbons (Fsp3) is 0.269. The summed E-state index contributed by atoms with van der Waals surface area (Å²) in [7, 11) is 3.20. The molecule has 7 nitrogen and oxygen atoms in total. The number of thiazole rings is 1. The zero-order valence-corrected chi connectivity index (χ0v) is 20.5. The summed E-state index contributed by atoms with van der Waals surface area (Å²) in [5, 5.41) is 0.533. The van der Waals surface area contributed by atoms with Crippen molar-refractivity contribution in [2.24, 2.45) is 0 Å². The van der Waals surface area contributed by atoms with Gasteiger partial charge in [0.05, 0.1) is 20.8 Å². The zero-order chi connectivity index (χ0) is 24.1. The number of nitrogens with zero attached hydrogens (tertiary/aromatic N) is 3. The number of amides is 1. The summed E-state index contributed by atoms with van der Waals surface area (Å²) in [5.41, 5.74) is 2.75. The maximum Gasteiger partial charge on any atom is 0.267 e. The number of carbonyl (C=O) groups is 1. The van der Waals surface area contributed by atoms with Gasteiger partial charge in [-0.05, 0) is 47.4 Å². The van der Waals surface area contributed by atoms with E-state index in [1.165, 1.54) is 16.9 Å². The number of benzene rings is 2. The van der Waals surface area contributed by atoms with Crippen LogP contribution in [0.3, 0.4) is 0 Å². The van der Waals surface area contributed by atoms with Crippen LogP contribution in [0.4, 0.5) is 5.13 Å². The Morgan fingerprint density at radius 1 is 1.03 bits per heavy atom. The summed E-state index contributed by atoms with van der Waals surface area (Å²) < 4.78 is 17.6. The van der Waals surface area contributed by atoms with E-state index in [9.17, 15) is 4.79 Å². The van der Waals surface area contributed by atoms with Crippen molar-refractivity contribution in [2.75, 3.05) is 25.7 Å². The van der Waals surface area contributed by atoms with Crippen LogP contribution in [-0.4, -0.2) is 36.7 Å². The fourth-order valence-electron chi connectivity index (χ4n) is 3.50. The number of aromatic nitrogens is 2. The molecule has 0 saturated heterocycles. The summed E-state index contributed by atoms with van der Waals surface area (Å²) in [5.74, 6) is 2.16. The van der Waals surface area contributed by atoms with Crippen molar-refractivity contribution in [3.63, 3.8) is 0 Å². The van der Waals surface area contributed by atoms with Crippen LogP contribution in [-0.2, 0) is 11.3 Å². The molecule has 0 spiro atoms. The lowest BCUT2D eigenvalue weighted by Crippen LogP contribution is -2.34. The van der Waals surface area contributed by atoms with Crippen LogP contribution in [0.25, 0.3) is 10.2 Å². The predicted molar refractivity (Wildman–Crippen MR) is 134 cm³/mol. The van der Waals surface area contributed by atoms with E-state index < -0.39 is 0 Å². The molecule has 2 aromatic carbocycles. The van der Waals surface area contributed by atoms with E-state index in [1.807, 2.05) is 48.5 Å². The maximum absolute atomic E-state index is 13.4. The second-order valence-electron chi connectivity index (χ2n) is 8.00. The quantitative estimate of drug-likeness (QED) is 0.319. The van der Waals surface area contributed by atoms with E-state index in [4.69, 9.17) is 19.2 Å². The van der Waals surface area contributed by atoms with Gasteiger partial charge in [0.1, 0.15) is 27.5 Å². The van der Waals surface area contributed by atoms with Gasteiger partial charge in [0.15, 0.2) is 11.7 Å². The minimum atomic E-state index is -0.214. The van der Waals surface area contributed by atoms with Gasteiger partial charge < -0.3 is 14.2 Å². The Morgan fingerprint density at radius 2 is 1.76 bits per heavy atom. The molecule has 0 unspecified atom stereocenters. The molecule has 0 atom stereocenters. The number of fused-ring (bicyclic) bond motifs is 1. The van der Waals surface area contributed by atoms with Crippen LogP contribution in [0.5, 0.6) is 17.2 Å². The van der Waals surface area contributed by atoms with Crippen molar-refractivity contribution in [3.05, 3.63) is 72.1 Å². The molecule has 8 heteroatoms. The molecule has 0 N–H and O–H groups in total. The fourth-order valence-corrected chi connectivity index (χ4v) is 4.59. The first-order valence-electron chi connectivity index (χ1n) is 10.9. The van der Waals surface area contributed by atoms with E-state index in [-0.39, 0.29) is 12.5 Å². The Morgan fingerprint density at radius 3 is 2.41 bits per heavy atom. The Bertz CT molecular complexity index is 1220. The van der Waals surface area contributed by atoms with Crippen LogP contribution >= 0.6 is 11.3 Å². The largest absolute Gasteiger partial charge is 0.495 e. The number of hydrogen-bond acceptors (Lipinski definition) is 7. The van der Waals surface area contributed by atoms with Crippen molar-refractivity contribution in [1.29, 1.82) is 0 Å². The molecule has 1 amide bonds. The molecule has 4 rings (SSSR count). The third-order valence-electron chi connectivity index (χ3n) is 5.40. The summed E-state index contributed by atoms with van der Waals surface area (Å²) in [4.78, 5) is 23.9. The van der Waals surface area contributed by atoms with Gasteiger partial charge in [-0.3, -0.25) is 14.7 Å². The van der Waals surface area contributed by atoms with Crippen molar-refractivity contribution in [2.45, 2.75) is 26.3 Å². The molecule has 0 aliphatic rings. The maximum atomic E-state index is 13.4. The minimum absolute atomic E-state index is 0.120. The van der Waals surface area contributed by atoms with Crippen LogP contribution in [0, 0.1) is 0 Å². The van der Waals surface area contributed by atoms with E-state index in [1.54, 1.807) is 31.5 Å². The van der Waals surface area contributed by atoms with E-state index in [0.717, 1.165) is 10.3 Å². The molecule has 0 bridgehead atoms. The predicted octanol–water partition coefficient (Wildman–Crippen LogP) is 5.44. The van der Waals surface area contributed by atoms with Crippen molar-refractivity contribution in [1.82, 2.24) is 9.97 Å². The van der Waals surface area contributed by atoms with E-state index >= 15 is 0 Å². The van der Waals surface area contributed by atoms with Crippen LogP contribution in [0.1, 0.15) is 30.9 Å². The number of hydrogen-bond donors (Lipinski definition) is 0. The van der Waals surface area contributed by atoms with Gasteiger partial charge in [-0.2, -0.15) is 0 Å². The number of anilines is 1. The van der Waals surface area contributed by atoms with Crippen molar-refractivity contribution >= 4 is 32.6 Å². The number of ether oxygens (including phenoxy) is 3. The highest BCUT2D eigenvalue weighted by molar-refractivity contribution is 7.22. The third kappa shape index (κ3) is 5.12. The highest BCUT2D eigenvalue weighted by Crippen LogP contribution is 2.40. The lowest BCUT2D eigenvalue weighted by atomic mass is 10.0. The Kier molecular flexibility index (Phi) is 7.27. The highest BCUT2D eigenvalue weighted by atomic mass is 32.1. The third-order valence-corrected chi connectivity index (χ3v) is 6.50. The van der Waals surface area contributed by atoms with Crippen LogP contribution < -0.4 is 19.1 Å². The van der Waals surface area contributed by atoms with Gasteiger partial charge in [0.25, 0.3) is 5.91 Å². The lowest BCUT2D eigenvalue weighted by molar-refractivity contribution is -0.120. The first-order chi connectivity index (χ1) is 16.5. The average molecular weight is 478 g/mol. The van der Waals surface area contributed by atoms with Gasteiger partial charge in [-0.1, -0.05) is 43.4 Å². The van der Waals surface area contributed by atoms with Gasteiger partial charge in [0, 0.05) is 12.4 Å². The monoisotopic (exact) mass is 477 g/mol. The molecule has 0 aliphatic heterocycles. The molecule has 176 valence electrons. The molecular formula is C26H27N3O4S. The average Bonchev–Trinajstić information content (AvgIpc) is 3.31. The number of carbonyl (C=O) groups excluding carboxylic acids is 1. The molecule has 4 aromatic rings. The summed E-state index contributed by atoms with van der Waals surface area (Å²) in [6.07, 6.45) is 3.44. The van der Waals surface area contributed by atoms with Crippen LogP contribution in [0.2, 0.25) is 0 Å². The summed E-state index contributed by atoms with van der Waals surface area (Å²) in [6.45, 7) is 4.47. The van der Waals surface area contributed by atoms with Crippen LogP contribution in [0.15, 0.2) is 60.9 Å².